The number of aromatic nitrogens is 1. The molecule has 1 saturated heterocycles. The molecule has 0 saturated carbocycles. The van der Waals surface area contributed by atoms with Crippen LogP contribution in [0.25, 0.3) is 0 Å². The van der Waals surface area contributed by atoms with E-state index < -0.39 is 52.5 Å². The topological polar surface area (TPSA) is 211 Å². The molecule has 1 fully saturated rings. The van der Waals surface area contributed by atoms with Crippen LogP contribution >= 0.6 is 47.9 Å². The standard InChI is InChI=1S/C19H21N5O9S2.2ClH/c1-7(25)32-4-8-5-34-15-11(14(27)24(15)12(8)16(28)29)22-13(26)10(9-6-35-18(20)21-9)23-33-19(2,3)17(30)31;;/h6,11,15H,4-5H2,1-3H3,(H2,20,21)(H,22,26)(H,28,29)(H,30,31);2*1H/b23-10-;;/t11?,15-;;/m0../s1. The van der Waals surface area contributed by atoms with Gasteiger partial charge in [0.1, 0.15) is 29.4 Å². The number of carboxylic acid groups (broad SMARTS) is 2. The van der Waals surface area contributed by atoms with Crippen LogP contribution in [-0.2, 0) is 33.5 Å². The summed E-state index contributed by atoms with van der Waals surface area (Å²) in [5.41, 5.74) is 3.38. The Hall–Kier alpha value is -3.08. The molecule has 2 aliphatic heterocycles. The van der Waals surface area contributed by atoms with Crippen molar-refractivity contribution in [3.05, 3.63) is 22.3 Å². The molecule has 0 bridgehead atoms. The van der Waals surface area contributed by atoms with Crippen molar-refractivity contribution in [3.63, 3.8) is 0 Å². The van der Waals surface area contributed by atoms with E-state index in [1.165, 1.54) is 37.9 Å². The third kappa shape index (κ3) is 6.82. The molecule has 2 aliphatic rings. The number of carbonyl (C=O) groups is 5. The molecule has 204 valence electrons. The molecule has 18 heteroatoms. The van der Waals surface area contributed by atoms with Gasteiger partial charge in [-0.2, -0.15) is 0 Å². The predicted molar refractivity (Wildman–Crippen MR) is 137 cm³/mol. The average molecular weight is 600 g/mol. The lowest BCUT2D eigenvalue weighted by Crippen LogP contribution is -2.71. The number of carboxylic acids is 2. The van der Waals surface area contributed by atoms with Crippen molar-refractivity contribution in [1.29, 1.82) is 0 Å². The van der Waals surface area contributed by atoms with Crippen molar-refractivity contribution >= 4 is 88.5 Å². The molecular weight excluding hydrogens is 577 g/mol. The zero-order valence-corrected chi connectivity index (χ0v) is 22.7. The Balaban J connectivity index is 0.00000342. The van der Waals surface area contributed by atoms with Gasteiger partial charge in [0, 0.05) is 23.6 Å². The number of nitrogens with zero attached hydrogens (tertiary/aromatic N) is 3. The Morgan fingerprint density at radius 1 is 1.30 bits per heavy atom. The van der Waals surface area contributed by atoms with E-state index in [-0.39, 0.29) is 59.3 Å². The van der Waals surface area contributed by atoms with Crippen molar-refractivity contribution in [1.82, 2.24) is 15.2 Å². The van der Waals surface area contributed by atoms with E-state index in [2.05, 4.69) is 15.5 Å². The number of halogens is 2. The van der Waals surface area contributed by atoms with Gasteiger partial charge in [-0.15, -0.1) is 47.9 Å². The van der Waals surface area contributed by atoms with Gasteiger partial charge in [-0.1, -0.05) is 5.16 Å². The van der Waals surface area contributed by atoms with Crippen LogP contribution in [0.15, 0.2) is 21.8 Å². The first-order chi connectivity index (χ1) is 16.3. The van der Waals surface area contributed by atoms with Gasteiger partial charge in [0.2, 0.25) is 5.60 Å². The fourth-order valence-corrected chi connectivity index (χ4v) is 4.87. The lowest BCUT2D eigenvalue weighted by molar-refractivity contribution is -0.161. The monoisotopic (exact) mass is 599 g/mol. The molecule has 1 aromatic heterocycles. The van der Waals surface area contributed by atoms with E-state index in [9.17, 15) is 34.2 Å². The van der Waals surface area contributed by atoms with Crippen LogP contribution in [-0.4, -0.2) is 84.9 Å². The summed E-state index contributed by atoms with van der Waals surface area (Å²) >= 11 is 2.18. The number of aliphatic carboxylic acids is 2. The number of fused-ring (bicyclic) bond motifs is 1. The minimum Gasteiger partial charge on any atom is -0.478 e. The number of thiazole rings is 1. The lowest BCUT2D eigenvalue weighted by atomic mass is 10.0. The zero-order chi connectivity index (χ0) is 26.1. The summed E-state index contributed by atoms with van der Waals surface area (Å²) in [5, 5.41) is 25.8. The summed E-state index contributed by atoms with van der Waals surface area (Å²) in [6.45, 7) is 3.35. The van der Waals surface area contributed by atoms with Crippen LogP contribution in [0.5, 0.6) is 0 Å². The quantitative estimate of drug-likeness (QED) is 0.132. The van der Waals surface area contributed by atoms with Crippen LogP contribution in [0.3, 0.4) is 0 Å². The number of hydrogen-bond acceptors (Lipinski definition) is 12. The number of nitrogens with two attached hydrogens (primary N) is 1. The van der Waals surface area contributed by atoms with E-state index in [0.717, 1.165) is 16.2 Å². The van der Waals surface area contributed by atoms with Crippen molar-refractivity contribution in [2.24, 2.45) is 5.16 Å². The van der Waals surface area contributed by atoms with Gasteiger partial charge in [0.25, 0.3) is 11.8 Å². The molecule has 37 heavy (non-hydrogen) atoms. The lowest BCUT2D eigenvalue weighted by Gasteiger charge is -2.49. The molecule has 3 heterocycles. The fourth-order valence-electron chi connectivity index (χ4n) is 2.99. The second-order valence-corrected chi connectivity index (χ2v) is 9.81. The minimum absolute atomic E-state index is 0. The van der Waals surface area contributed by atoms with Crippen LogP contribution in [0.1, 0.15) is 26.5 Å². The molecule has 1 unspecified atom stereocenters. The van der Waals surface area contributed by atoms with Gasteiger partial charge in [-0.3, -0.25) is 19.3 Å². The van der Waals surface area contributed by atoms with E-state index in [1.807, 2.05) is 0 Å². The van der Waals surface area contributed by atoms with E-state index in [1.54, 1.807) is 0 Å². The smallest absolute Gasteiger partial charge is 0.352 e. The summed E-state index contributed by atoms with van der Waals surface area (Å²) < 4.78 is 4.88. The van der Waals surface area contributed by atoms with E-state index in [0.29, 0.717) is 0 Å². The highest BCUT2D eigenvalue weighted by atomic mass is 35.5. The van der Waals surface area contributed by atoms with Gasteiger partial charge in [0.15, 0.2) is 10.8 Å². The van der Waals surface area contributed by atoms with Crippen molar-refractivity contribution in [3.8, 4) is 0 Å². The van der Waals surface area contributed by atoms with Gasteiger partial charge in [0.05, 0.1) is 0 Å². The van der Waals surface area contributed by atoms with Crippen molar-refractivity contribution in [2.45, 2.75) is 37.8 Å². The second-order valence-electron chi connectivity index (χ2n) is 7.82. The number of β-lactam (4-membered cyclic amide) rings is 1. The number of anilines is 1. The summed E-state index contributed by atoms with van der Waals surface area (Å²) in [7, 11) is 0. The maximum atomic E-state index is 13.0. The molecule has 1 aromatic rings. The summed E-state index contributed by atoms with van der Waals surface area (Å²) in [4.78, 5) is 70.1. The first-order valence-electron chi connectivity index (χ1n) is 9.88. The molecule has 0 radical (unpaired) electrons. The number of oxime groups is 1. The SMILES string of the molecule is CC(=O)OCC1=C(C(=O)O)N2C(=O)C(NC(=O)/C(=N\OC(C)(C)C(=O)O)c3csc(N)n3)[C@@H]2SC1.Cl.Cl. The van der Waals surface area contributed by atoms with Crippen LogP contribution in [0.2, 0.25) is 0 Å². The summed E-state index contributed by atoms with van der Waals surface area (Å²) in [6, 6.07) is -1.11. The van der Waals surface area contributed by atoms with Crippen molar-refractivity contribution in [2.75, 3.05) is 18.1 Å². The number of thioether (sulfide) groups is 1. The molecule has 0 aliphatic carbocycles. The molecule has 14 nitrogen and oxygen atoms in total. The molecule has 2 amide bonds. The number of nitrogen functional groups attached to an aromatic ring is 1. The van der Waals surface area contributed by atoms with Gasteiger partial charge < -0.3 is 30.8 Å². The Morgan fingerprint density at radius 3 is 2.46 bits per heavy atom. The Morgan fingerprint density at radius 2 is 1.95 bits per heavy atom. The maximum Gasteiger partial charge on any atom is 0.352 e. The summed E-state index contributed by atoms with van der Waals surface area (Å²) in [6.07, 6.45) is 0. The van der Waals surface area contributed by atoms with E-state index in [4.69, 9.17) is 15.3 Å². The number of esters is 1. The number of hydrogen-bond donors (Lipinski definition) is 4. The van der Waals surface area contributed by atoms with Crippen LogP contribution in [0.4, 0.5) is 5.13 Å². The molecule has 0 spiro atoms. The minimum atomic E-state index is -1.77. The highest BCUT2D eigenvalue weighted by molar-refractivity contribution is 8.00. The number of amides is 2. The first-order valence-corrected chi connectivity index (χ1v) is 11.8. The Kier molecular flexibility index (Phi) is 10.7. The number of carbonyl (C=O) groups excluding carboxylic acids is 3. The number of nitrogens with one attached hydrogen (secondary N) is 1. The van der Waals surface area contributed by atoms with Crippen LogP contribution in [0, 0.1) is 0 Å². The zero-order valence-electron chi connectivity index (χ0n) is 19.5. The first kappa shape index (κ1) is 31.9. The Bertz CT molecular complexity index is 1170. The van der Waals surface area contributed by atoms with Gasteiger partial charge >= 0.3 is 17.9 Å². The number of rotatable bonds is 9. The molecule has 5 N–H and O–H groups in total. The van der Waals surface area contributed by atoms with E-state index >= 15 is 0 Å². The molecule has 3 rings (SSSR count). The normalized spacial score (nSPS) is 18.9. The maximum absolute atomic E-state index is 13.0. The third-order valence-electron chi connectivity index (χ3n) is 4.85. The number of ether oxygens (including phenoxy) is 1. The Labute approximate surface area is 230 Å². The molecular formula is C19H23Cl2N5O9S2. The predicted octanol–water partition coefficient (Wildman–Crippen LogP) is 0.454. The average Bonchev–Trinajstić information content (AvgIpc) is 3.20. The third-order valence-corrected chi connectivity index (χ3v) is 6.86. The largest absolute Gasteiger partial charge is 0.478 e. The highest BCUT2D eigenvalue weighted by Gasteiger charge is 2.54. The fraction of sp³-hybridized carbons (Fsp3) is 0.421. The highest BCUT2D eigenvalue weighted by Crippen LogP contribution is 2.40. The van der Waals surface area contributed by atoms with Crippen LogP contribution < -0.4 is 11.1 Å². The molecule has 2 atom stereocenters. The molecule has 0 aromatic carbocycles. The second kappa shape index (κ2) is 12.4. The summed E-state index contributed by atoms with van der Waals surface area (Å²) in [5.74, 6) is -4.76. The van der Waals surface area contributed by atoms with Gasteiger partial charge in [-0.05, 0) is 13.8 Å². The van der Waals surface area contributed by atoms with Crippen molar-refractivity contribution < 1.29 is 43.8 Å². The van der Waals surface area contributed by atoms with Gasteiger partial charge in [-0.25, -0.2) is 14.6 Å².